The van der Waals surface area contributed by atoms with Crippen molar-refractivity contribution in [3.05, 3.63) is 64.9 Å². The van der Waals surface area contributed by atoms with Crippen molar-refractivity contribution in [3.8, 4) is 5.69 Å². The highest BCUT2D eigenvalue weighted by molar-refractivity contribution is 7.99. The van der Waals surface area contributed by atoms with E-state index in [9.17, 15) is 13.6 Å². The standard InChI is InChI=1S/C22H22ClF2N5O2S/c23-15-5-7-16(8-6-15)30-19(13-29-9-11-32-12-10-29)27-28-22(30)33-14-20(31)26-18-4-2-1-3-17(18)21(24)25/h1-8,21H,9-14H2,(H,26,31). The number of morpholine rings is 1. The van der Waals surface area contributed by atoms with Crippen molar-refractivity contribution in [1.29, 1.82) is 0 Å². The first kappa shape index (κ1) is 23.6. The van der Waals surface area contributed by atoms with Crippen molar-refractivity contribution >= 4 is 35.0 Å². The highest BCUT2D eigenvalue weighted by atomic mass is 35.5. The maximum Gasteiger partial charge on any atom is 0.265 e. The fraction of sp³-hybridized carbons (Fsp3) is 0.318. The molecule has 1 fully saturated rings. The first-order chi connectivity index (χ1) is 16.0. The van der Waals surface area contributed by atoms with Crippen LogP contribution in [0.4, 0.5) is 14.5 Å². The quantitative estimate of drug-likeness (QED) is 0.468. The predicted molar refractivity (Wildman–Crippen MR) is 123 cm³/mol. The van der Waals surface area contributed by atoms with Gasteiger partial charge in [0.2, 0.25) is 5.91 Å². The number of hydrogen-bond donors (Lipinski definition) is 1. The molecular weight excluding hydrogens is 472 g/mol. The molecule has 11 heteroatoms. The van der Waals surface area contributed by atoms with Crippen molar-refractivity contribution in [2.75, 3.05) is 37.4 Å². The largest absolute Gasteiger partial charge is 0.379 e. The summed E-state index contributed by atoms with van der Waals surface area (Å²) in [7, 11) is 0. The van der Waals surface area contributed by atoms with Crippen molar-refractivity contribution in [3.63, 3.8) is 0 Å². The normalized spacial score (nSPS) is 14.5. The van der Waals surface area contributed by atoms with E-state index in [1.165, 1.54) is 30.0 Å². The second-order valence-corrected chi connectivity index (χ2v) is 8.70. The van der Waals surface area contributed by atoms with Crippen LogP contribution in [0.1, 0.15) is 17.8 Å². The van der Waals surface area contributed by atoms with E-state index < -0.39 is 12.3 Å². The van der Waals surface area contributed by atoms with Crippen LogP contribution in [0.15, 0.2) is 53.7 Å². The molecule has 1 aromatic heterocycles. The Balaban J connectivity index is 1.51. The summed E-state index contributed by atoms with van der Waals surface area (Å²) in [6.07, 6.45) is -2.68. The van der Waals surface area contributed by atoms with Gasteiger partial charge in [0.05, 0.1) is 25.5 Å². The average molecular weight is 494 g/mol. The minimum absolute atomic E-state index is 0.0130. The Labute approximate surface area is 199 Å². The average Bonchev–Trinajstić information content (AvgIpc) is 3.21. The number of carbonyl (C=O) groups is 1. The first-order valence-electron chi connectivity index (χ1n) is 10.3. The fourth-order valence-corrected chi connectivity index (χ4v) is 4.32. The van der Waals surface area contributed by atoms with Gasteiger partial charge in [0.25, 0.3) is 6.43 Å². The molecule has 174 valence electrons. The van der Waals surface area contributed by atoms with E-state index in [2.05, 4.69) is 20.4 Å². The van der Waals surface area contributed by atoms with E-state index in [0.717, 1.165) is 24.6 Å². The summed E-state index contributed by atoms with van der Waals surface area (Å²) < 4.78 is 33.7. The van der Waals surface area contributed by atoms with E-state index >= 15 is 0 Å². The van der Waals surface area contributed by atoms with Crippen LogP contribution in [0.3, 0.4) is 0 Å². The lowest BCUT2D eigenvalue weighted by atomic mass is 10.2. The first-order valence-corrected chi connectivity index (χ1v) is 11.7. The number of aromatic nitrogens is 3. The SMILES string of the molecule is O=C(CSc1nnc(CN2CCOCC2)n1-c1ccc(Cl)cc1)Nc1ccccc1C(F)F. The third kappa shape index (κ3) is 6.08. The van der Waals surface area contributed by atoms with Gasteiger partial charge >= 0.3 is 0 Å². The smallest absolute Gasteiger partial charge is 0.265 e. The molecule has 3 aromatic rings. The number of nitrogens with zero attached hydrogens (tertiary/aromatic N) is 4. The summed E-state index contributed by atoms with van der Waals surface area (Å²) in [5.74, 6) is 0.305. The van der Waals surface area contributed by atoms with Crippen molar-refractivity contribution < 1.29 is 18.3 Å². The predicted octanol–water partition coefficient (Wildman–Crippen LogP) is 4.42. The van der Waals surface area contributed by atoms with E-state index in [-0.39, 0.29) is 17.0 Å². The summed E-state index contributed by atoms with van der Waals surface area (Å²) in [4.78, 5) is 14.7. The summed E-state index contributed by atoms with van der Waals surface area (Å²) in [5, 5.41) is 12.3. The fourth-order valence-electron chi connectivity index (χ4n) is 3.42. The van der Waals surface area contributed by atoms with E-state index in [1.807, 2.05) is 16.7 Å². The van der Waals surface area contributed by atoms with Gasteiger partial charge in [0.1, 0.15) is 0 Å². The van der Waals surface area contributed by atoms with Gasteiger partial charge in [-0.1, -0.05) is 41.6 Å². The maximum absolute atomic E-state index is 13.2. The van der Waals surface area contributed by atoms with Gasteiger partial charge in [0, 0.05) is 35.1 Å². The molecule has 1 amide bonds. The lowest BCUT2D eigenvalue weighted by molar-refractivity contribution is -0.113. The number of benzene rings is 2. The minimum Gasteiger partial charge on any atom is -0.379 e. The van der Waals surface area contributed by atoms with Crippen LogP contribution in [-0.2, 0) is 16.1 Å². The molecule has 4 rings (SSSR count). The Bertz CT molecular complexity index is 1090. The molecule has 1 aliphatic rings. The number of halogens is 3. The van der Waals surface area contributed by atoms with E-state index in [0.29, 0.717) is 29.9 Å². The molecule has 0 atom stereocenters. The van der Waals surface area contributed by atoms with Gasteiger partial charge in [-0.25, -0.2) is 8.78 Å². The number of nitrogens with one attached hydrogen (secondary N) is 1. The number of ether oxygens (including phenoxy) is 1. The Morgan fingerprint density at radius 1 is 1.12 bits per heavy atom. The molecule has 33 heavy (non-hydrogen) atoms. The van der Waals surface area contributed by atoms with Crippen LogP contribution in [-0.4, -0.2) is 57.6 Å². The number of amides is 1. The van der Waals surface area contributed by atoms with Gasteiger partial charge in [-0.2, -0.15) is 0 Å². The number of para-hydroxylation sites is 1. The number of rotatable bonds is 8. The van der Waals surface area contributed by atoms with Crippen molar-refractivity contribution in [1.82, 2.24) is 19.7 Å². The topological polar surface area (TPSA) is 72.3 Å². The molecular formula is C22H22ClF2N5O2S. The Hall–Kier alpha value is -2.53. The number of alkyl halides is 2. The lowest BCUT2D eigenvalue weighted by Gasteiger charge is -2.26. The zero-order valence-corrected chi connectivity index (χ0v) is 19.2. The molecule has 7 nitrogen and oxygen atoms in total. The van der Waals surface area contributed by atoms with Crippen LogP contribution >= 0.6 is 23.4 Å². The molecule has 0 unspecified atom stereocenters. The third-order valence-electron chi connectivity index (χ3n) is 5.06. The van der Waals surface area contributed by atoms with Crippen molar-refractivity contribution in [2.24, 2.45) is 0 Å². The van der Waals surface area contributed by atoms with Gasteiger partial charge in [-0.3, -0.25) is 14.3 Å². The van der Waals surface area contributed by atoms with Gasteiger partial charge in [0.15, 0.2) is 11.0 Å². The second kappa shape index (κ2) is 11.1. The number of carbonyl (C=O) groups excluding carboxylic acids is 1. The van der Waals surface area contributed by atoms with Gasteiger partial charge in [-0.15, -0.1) is 10.2 Å². The lowest BCUT2D eigenvalue weighted by Crippen LogP contribution is -2.36. The Kier molecular flexibility index (Phi) is 7.92. The molecule has 1 saturated heterocycles. The van der Waals surface area contributed by atoms with Gasteiger partial charge < -0.3 is 10.1 Å². The highest BCUT2D eigenvalue weighted by Crippen LogP contribution is 2.28. The van der Waals surface area contributed by atoms with Crippen LogP contribution in [0.2, 0.25) is 5.02 Å². The van der Waals surface area contributed by atoms with E-state index in [1.54, 1.807) is 18.2 Å². The molecule has 2 heterocycles. The summed E-state index contributed by atoms with van der Waals surface area (Å²) in [5.41, 5.74) is 0.705. The zero-order chi connectivity index (χ0) is 23.2. The Morgan fingerprint density at radius 3 is 2.58 bits per heavy atom. The minimum atomic E-state index is -2.68. The number of hydrogen-bond acceptors (Lipinski definition) is 6. The molecule has 1 aliphatic heterocycles. The monoisotopic (exact) mass is 493 g/mol. The summed E-state index contributed by atoms with van der Waals surface area (Å²) in [6.45, 7) is 3.49. The molecule has 0 saturated carbocycles. The summed E-state index contributed by atoms with van der Waals surface area (Å²) >= 11 is 7.23. The van der Waals surface area contributed by atoms with Crippen LogP contribution in [0.5, 0.6) is 0 Å². The Morgan fingerprint density at radius 2 is 1.85 bits per heavy atom. The highest BCUT2D eigenvalue weighted by Gasteiger charge is 2.20. The second-order valence-electron chi connectivity index (χ2n) is 7.32. The number of thioether (sulfide) groups is 1. The third-order valence-corrected chi connectivity index (χ3v) is 6.24. The van der Waals surface area contributed by atoms with E-state index in [4.69, 9.17) is 16.3 Å². The van der Waals surface area contributed by atoms with Gasteiger partial charge in [-0.05, 0) is 30.3 Å². The zero-order valence-electron chi connectivity index (χ0n) is 17.6. The molecule has 0 bridgehead atoms. The molecule has 1 N–H and O–H groups in total. The van der Waals surface area contributed by atoms with Crippen LogP contribution < -0.4 is 5.32 Å². The maximum atomic E-state index is 13.2. The molecule has 0 spiro atoms. The molecule has 0 aliphatic carbocycles. The van der Waals surface area contributed by atoms with Crippen LogP contribution in [0.25, 0.3) is 5.69 Å². The van der Waals surface area contributed by atoms with Crippen molar-refractivity contribution in [2.45, 2.75) is 18.1 Å². The number of anilines is 1. The molecule has 2 aromatic carbocycles. The summed E-state index contributed by atoms with van der Waals surface area (Å²) in [6, 6.07) is 13.1. The molecule has 0 radical (unpaired) electrons. The van der Waals surface area contributed by atoms with Crippen LogP contribution in [0, 0.1) is 0 Å².